The maximum atomic E-state index is 4.13. The molecule has 2 atom stereocenters. The van der Waals surface area contributed by atoms with Gasteiger partial charge in [-0.15, -0.1) is 0 Å². The number of nitrogens with one attached hydrogen (secondary N) is 1. The predicted molar refractivity (Wildman–Crippen MR) is 70.9 cm³/mol. The van der Waals surface area contributed by atoms with Crippen molar-refractivity contribution in [3.63, 3.8) is 0 Å². The molecule has 1 fully saturated rings. The van der Waals surface area contributed by atoms with Crippen LogP contribution in [0, 0.1) is 5.92 Å². The molecule has 1 N–H and O–H groups in total. The van der Waals surface area contributed by atoms with Crippen molar-refractivity contribution in [2.45, 2.75) is 26.3 Å². The lowest BCUT2D eigenvalue weighted by atomic mass is 9.91. The Labute approximate surface area is 104 Å². The van der Waals surface area contributed by atoms with E-state index in [4.69, 9.17) is 0 Å². The highest BCUT2D eigenvalue weighted by atomic mass is 15.2. The molecular formula is C14H23N3. The summed E-state index contributed by atoms with van der Waals surface area (Å²) in [6.45, 7) is 9.15. The van der Waals surface area contributed by atoms with Gasteiger partial charge in [-0.25, -0.2) is 0 Å². The van der Waals surface area contributed by atoms with Gasteiger partial charge in [-0.3, -0.25) is 9.88 Å². The van der Waals surface area contributed by atoms with Gasteiger partial charge in [-0.2, -0.15) is 0 Å². The van der Waals surface area contributed by atoms with Crippen LogP contribution >= 0.6 is 0 Å². The van der Waals surface area contributed by atoms with Crippen LogP contribution in [0.3, 0.4) is 0 Å². The Morgan fingerprint density at radius 3 is 2.53 bits per heavy atom. The average Bonchev–Trinajstić information content (AvgIpc) is 2.41. The summed E-state index contributed by atoms with van der Waals surface area (Å²) in [6, 6.07) is 4.88. The zero-order chi connectivity index (χ0) is 12.1. The summed E-state index contributed by atoms with van der Waals surface area (Å²) in [6.07, 6.45) is 5.04. The first-order valence-electron chi connectivity index (χ1n) is 6.67. The molecule has 17 heavy (non-hydrogen) atoms. The molecule has 2 rings (SSSR count). The van der Waals surface area contributed by atoms with E-state index < -0.39 is 0 Å². The minimum Gasteiger partial charge on any atom is -0.314 e. The van der Waals surface area contributed by atoms with Crippen molar-refractivity contribution in [2.75, 3.05) is 26.2 Å². The highest BCUT2D eigenvalue weighted by Gasteiger charge is 2.25. The first kappa shape index (κ1) is 12.5. The quantitative estimate of drug-likeness (QED) is 0.863. The lowest BCUT2D eigenvalue weighted by molar-refractivity contribution is 0.128. The van der Waals surface area contributed by atoms with E-state index in [1.807, 2.05) is 12.4 Å². The van der Waals surface area contributed by atoms with Crippen molar-refractivity contribution in [1.29, 1.82) is 0 Å². The van der Waals surface area contributed by atoms with Gasteiger partial charge in [0.15, 0.2) is 0 Å². The molecule has 1 unspecified atom stereocenters. The third kappa shape index (κ3) is 3.05. The highest BCUT2D eigenvalue weighted by Crippen LogP contribution is 2.30. The molecule has 1 aromatic heterocycles. The largest absolute Gasteiger partial charge is 0.314 e. The molecule has 1 aromatic rings. The number of pyridine rings is 1. The zero-order valence-corrected chi connectivity index (χ0v) is 10.9. The second-order valence-electron chi connectivity index (χ2n) is 4.90. The Bertz CT molecular complexity index is 319. The minimum absolute atomic E-state index is 0.546. The van der Waals surface area contributed by atoms with Crippen LogP contribution in [-0.2, 0) is 0 Å². The summed E-state index contributed by atoms with van der Waals surface area (Å²) in [4.78, 5) is 6.74. The molecule has 94 valence electrons. The van der Waals surface area contributed by atoms with Crippen LogP contribution in [-0.4, -0.2) is 36.1 Å². The Hall–Kier alpha value is -0.930. The molecule has 0 radical (unpaired) electrons. The van der Waals surface area contributed by atoms with Crippen molar-refractivity contribution in [1.82, 2.24) is 15.2 Å². The van der Waals surface area contributed by atoms with Crippen LogP contribution in [0.25, 0.3) is 0 Å². The van der Waals surface area contributed by atoms with E-state index in [-0.39, 0.29) is 0 Å². The lowest BCUT2D eigenvalue weighted by Gasteiger charge is -2.38. The first-order chi connectivity index (χ1) is 8.33. The van der Waals surface area contributed by atoms with Crippen molar-refractivity contribution in [2.24, 2.45) is 5.92 Å². The Balaban J connectivity index is 2.18. The third-order valence-electron chi connectivity index (χ3n) is 3.78. The molecule has 2 heterocycles. The second kappa shape index (κ2) is 6.12. The number of hydrogen-bond donors (Lipinski definition) is 1. The van der Waals surface area contributed by atoms with E-state index in [9.17, 15) is 0 Å². The van der Waals surface area contributed by atoms with Crippen LogP contribution in [0.5, 0.6) is 0 Å². The van der Waals surface area contributed by atoms with Crippen molar-refractivity contribution < 1.29 is 0 Å². The topological polar surface area (TPSA) is 28.2 Å². The van der Waals surface area contributed by atoms with Crippen LogP contribution in [0.2, 0.25) is 0 Å². The summed E-state index contributed by atoms with van der Waals surface area (Å²) < 4.78 is 0. The van der Waals surface area contributed by atoms with Crippen LogP contribution in [0.4, 0.5) is 0 Å². The lowest BCUT2D eigenvalue weighted by Crippen LogP contribution is -2.46. The van der Waals surface area contributed by atoms with Gasteiger partial charge in [-0.05, 0) is 23.6 Å². The summed E-state index contributed by atoms with van der Waals surface area (Å²) in [5, 5.41) is 3.42. The molecule has 1 saturated heterocycles. The second-order valence-corrected chi connectivity index (χ2v) is 4.90. The van der Waals surface area contributed by atoms with E-state index >= 15 is 0 Å². The number of nitrogens with zero attached hydrogens (tertiary/aromatic N) is 2. The van der Waals surface area contributed by atoms with Gasteiger partial charge in [0.1, 0.15) is 0 Å². The van der Waals surface area contributed by atoms with Gasteiger partial charge in [0.25, 0.3) is 0 Å². The van der Waals surface area contributed by atoms with Crippen molar-refractivity contribution in [3.05, 3.63) is 30.1 Å². The standard InChI is InChI=1S/C14H23N3/c1-3-12(2)14(13-4-6-15-7-5-13)17-10-8-16-9-11-17/h4-7,12,14,16H,3,8-11H2,1-2H3/t12?,14-/m1/s1. The van der Waals surface area contributed by atoms with E-state index in [2.05, 4.69) is 41.2 Å². The fraction of sp³-hybridized carbons (Fsp3) is 0.643. The number of hydrogen-bond acceptors (Lipinski definition) is 3. The van der Waals surface area contributed by atoms with Crippen LogP contribution < -0.4 is 5.32 Å². The first-order valence-corrected chi connectivity index (χ1v) is 6.67. The summed E-state index contributed by atoms with van der Waals surface area (Å²) in [5.74, 6) is 0.690. The average molecular weight is 233 g/mol. The van der Waals surface area contributed by atoms with Crippen LogP contribution in [0.15, 0.2) is 24.5 Å². The monoisotopic (exact) mass is 233 g/mol. The molecule has 0 spiro atoms. The summed E-state index contributed by atoms with van der Waals surface area (Å²) >= 11 is 0. The Morgan fingerprint density at radius 2 is 1.94 bits per heavy atom. The van der Waals surface area contributed by atoms with E-state index in [0.717, 1.165) is 26.2 Å². The molecule has 0 aromatic carbocycles. The number of rotatable bonds is 4. The summed E-state index contributed by atoms with van der Waals surface area (Å²) in [7, 11) is 0. The highest BCUT2D eigenvalue weighted by molar-refractivity contribution is 5.16. The van der Waals surface area contributed by atoms with E-state index in [0.29, 0.717) is 12.0 Å². The predicted octanol–water partition coefficient (Wildman–Crippen LogP) is 2.07. The smallest absolute Gasteiger partial charge is 0.0375 e. The molecule has 0 bridgehead atoms. The van der Waals surface area contributed by atoms with Gasteiger partial charge in [0.05, 0.1) is 0 Å². The molecule has 1 aliphatic heterocycles. The van der Waals surface area contributed by atoms with Gasteiger partial charge < -0.3 is 5.32 Å². The molecule has 0 aliphatic carbocycles. The van der Waals surface area contributed by atoms with Gasteiger partial charge in [0, 0.05) is 44.6 Å². The fourth-order valence-corrected chi connectivity index (χ4v) is 2.64. The SMILES string of the molecule is CCC(C)[C@H](c1ccncc1)N1CCNCC1. The Kier molecular flexibility index (Phi) is 4.51. The minimum atomic E-state index is 0.546. The molecule has 0 saturated carbocycles. The molecule has 0 amide bonds. The third-order valence-corrected chi connectivity index (χ3v) is 3.78. The molecule has 3 heteroatoms. The summed E-state index contributed by atoms with van der Waals surface area (Å²) in [5.41, 5.74) is 1.41. The maximum absolute atomic E-state index is 4.13. The molecular weight excluding hydrogens is 210 g/mol. The van der Waals surface area contributed by atoms with E-state index in [1.54, 1.807) is 0 Å². The maximum Gasteiger partial charge on any atom is 0.0375 e. The Morgan fingerprint density at radius 1 is 1.29 bits per heavy atom. The van der Waals surface area contributed by atoms with Gasteiger partial charge in [-0.1, -0.05) is 20.3 Å². The zero-order valence-electron chi connectivity index (χ0n) is 10.9. The van der Waals surface area contributed by atoms with Gasteiger partial charge >= 0.3 is 0 Å². The molecule has 1 aliphatic rings. The number of aromatic nitrogens is 1. The fourth-order valence-electron chi connectivity index (χ4n) is 2.64. The van der Waals surface area contributed by atoms with Crippen molar-refractivity contribution in [3.8, 4) is 0 Å². The number of piperazine rings is 1. The van der Waals surface area contributed by atoms with Crippen molar-refractivity contribution >= 4 is 0 Å². The molecule has 3 nitrogen and oxygen atoms in total. The van der Waals surface area contributed by atoms with E-state index in [1.165, 1.54) is 12.0 Å². The van der Waals surface area contributed by atoms with Gasteiger partial charge in [0.2, 0.25) is 0 Å². The normalized spacial score (nSPS) is 21.1. The van der Waals surface area contributed by atoms with Crippen LogP contribution in [0.1, 0.15) is 31.9 Å².